The Morgan fingerprint density at radius 2 is 1.46 bits per heavy atom. The molecule has 1 atom stereocenters. The topological polar surface area (TPSA) is 20.2 Å². The van der Waals surface area contributed by atoms with E-state index in [1.54, 1.807) is 0 Å². The fourth-order valence-electron chi connectivity index (χ4n) is 2.64. The number of aliphatic hydroxyl groups excluding tert-OH is 1. The van der Waals surface area contributed by atoms with Gasteiger partial charge < -0.3 is 5.11 Å². The molecule has 0 aromatic heterocycles. The van der Waals surface area contributed by atoms with Gasteiger partial charge in [-0.2, -0.15) is 13.2 Å². The lowest BCUT2D eigenvalue weighted by Crippen LogP contribution is -2.28. The van der Waals surface area contributed by atoms with E-state index < -0.39 is 34.0 Å². The van der Waals surface area contributed by atoms with E-state index in [2.05, 4.69) is 57.7 Å². The van der Waals surface area contributed by atoms with Crippen molar-refractivity contribution in [1.82, 2.24) is 0 Å². The molecule has 0 spiro atoms. The molecular formula is C20H29F3OSi2. The van der Waals surface area contributed by atoms with Crippen molar-refractivity contribution in [2.45, 2.75) is 64.9 Å². The van der Waals surface area contributed by atoms with Crippen molar-refractivity contribution in [3.8, 4) is 0 Å². The highest BCUT2D eigenvalue weighted by atomic mass is 28.3. The van der Waals surface area contributed by atoms with Gasteiger partial charge in [-0.1, -0.05) is 69.8 Å². The summed E-state index contributed by atoms with van der Waals surface area (Å²) in [7, 11) is -3.47. The Morgan fingerprint density at radius 3 is 1.81 bits per heavy atom. The molecule has 1 aromatic carbocycles. The predicted octanol–water partition coefficient (Wildman–Crippen LogP) is 6.51. The van der Waals surface area contributed by atoms with Crippen LogP contribution >= 0.6 is 0 Å². The second-order valence-electron chi connectivity index (χ2n) is 8.52. The zero-order valence-corrected chi connectivity index (χ0v) is 18.7. The lowest BCUT2D eigenvalue weighted by molar-refractivity contribution is -0.137. The summed E-state index contributed by atoms with van der Waals surface area (Å²) in [5.41, 5.74) is 6.24. The molecule has 0 amide bonds. The highest BCUT2D eigenvalue weighted by Crippen LogP contribution is 2.33. The first-order valence-electron chi connectivity index (χ1n) is 8.78. The summed E-state index contributed by atoms with van der Waals surface area (Å²) in [6.45, 7) is 15.1. The summed E-state index contributed by atoms with van der Waals surface area (Å²) in [6.07, 6.45) is -4.45. The first kappa shape index (κ1) is 22.7. The largest absolute Gasteiger partial charge is 0.416 e. The molecule has 144 valence electrons. The van der Waals surface area contributed by atoms with Crippen molar-refractivity contribution in [3.63, 3.8) is 0 Å². The average Bonchev–Trinajstić information content (AvgIpc) is 2.47. The van der Waals surface area contributed by atoms with E-state index in [0.29, 0.717) is 5.56 Å². The standard InChI is InChI=1S/C20H29F3OSi2/c1-8-17(25(2,3)4)13-14-18(26(5,6)7)19(24)15-9-11-16(12-10-15)20(21,22)23/h9-12,19,24H,8H2,1-7H3. The van der Waals surface area contributed by atoms with Gasteiger partial charge in [-0.05, 0) is 34.5 Å². The summed E-state index contributed by atoms with van der Waals surface area (Å²) in [6, 6.07) is 4.72. The van der Waals surface area contributed by atoms with Gasteiger partial charge in [0, 0.05) is 0 Å². The zero-order chi connectivity index (χ0) is 20.3. The number of halogens is 3. The van der Waals surface area contributed by atoms with Crippen LogP contribution in [0.3, 0.4) is 0 Å². The maximum Gasteiger partial charge on any atom is 0.416 e. The maximum atomic E-state index is 12.7. The third-order valence-electron chi connectivity index (χ3n) is 4.24. The van der Waals surface area contributed by atoms with Crippen molar-refractivity contribution in [3.05, 3.63) is 57.2 Å². The first-order chi connectivity index (χ1) is 11.7. The monoisotopic (exact) mass is 398 g/mol. The van der Waals surface area contributed by atoms with Gasteiger partial charge in [0.1, 0.15) is 6.10 Å². The molecule has 0 saturated heterocycles. The summed E-state index contributed by atoms with van der Waals surface area (Å²) >= 11 is 0. The number of rotatable bonds is 5. The maximum absolute atomic E-state index is 12.7. The molecule has 6 heteroatoms. The quantitative estimate of drug-likeness (QED) is 0.443. The second kappa shape index (κ2) is 8.16. The molecule has 1 unspecified atom stereocenters. The van der Waals surface area contributed by atoms with Crippen LogP contribution in [0.5, 0.6) is 0 Å². The molecule has 1 rings (SSSR count). The molecule has 1 nitrogen and oxygen atoms in total. The van der Waals surface area contributed by atoms with E-state index in [4.69, 9.17) is 0 Å². The van der Waals surface area contributed by atoms with Crippen LogP contribution in [0, 0.1) is 0 Å². The Balaban J connectivity index is 3.48. The van der Waals surface area contributed by atoms with Gasteiger partial charge in [0.25, 0.3) is 0 Å². The van der Waals surface area contributed by atoms with Crippen LogP contribution in [0.1, 0.15) is 30.6 Å². The van der Waals surface area contributed by atoms with Crippen molar-refractivity contribution in [1.29, 1.82) is 0 Å². The molecule has 0 aliphatic rings. The van der Waals surface area contributed by atoms with Crippen molar-refractivity contribution in [2.24, 2.45) is 0 Å². The minimum atomic E-state index is -4.38. The van der Waals surface area contributed by atoms with E-state index in [1.807, 2.05) is 0 Å². The normalized spacial score (nSPS) is 13.7. The molecular weight excluding hydrogens is 369 g/mol. The fraction of sp³-hybridized carbons (Fsp3) is 0.500. The van der Waals surface area contributed by atoms with Gasteiger partial charge in [-0.25, -0.2) is 0 Å². The van der Waals surface area contributed by atoms with Crippen molar-refractivity contribution < 1.29 is 18.3 Å². The first-order valence-corrected chi connectivity index (χ1v) is 15.8. The molecule has 1 aromatic rings. The van der Waals surface area contributed by atoms with E-state index in [-0.39, 0.29) is 0 Å². The Morgan fingerprint density at radius 1 is 0.962 bits per heavy atom. The molecule has 0 aliphatic carbocycles. The Hall–Kier alpha value is -1.30. The molecule has 0 radical (unpaired) electrons. The molecule has 0 heterocycles. The van der Waals surface area contributed by atoms with Gasteiger partial charge >= 0.3 is 6.18 Å². The van der Waals surface area contributed by atoms with Crippen LogP contribution in [0.2, 0.25) is 39.3 Å². The van der Waals surface area contributed by atoms with Gasteiger partial charge in [-0.15, -0.1) is 0 Å². The lowest BCUT2D eigenvalue weighted by atomic mass is 10.1. The van der Waals surface area contributed by atoms with E-state index in [9.17, 15) is 18.3 Å². The Bertz CT molecular complexity index is 722. The molecule has 0 fully saturated rings. The Kier molecular flexibility index (Phi) is 7.14. The number of benzene rings is 1. The van der Waals surface area contributed by atoms with E-state index >= 15 is 0 Å². The number of alkyl halides is 3. The highest BCUT2D eigenvalue weighted by molar-refractivity contribution is 6.83. The molecule has 0 bridgehead atoms. The minimum Gasteiger partial charge on any atom is -0.384 e. The van der Waals surface area contributed by atoms with E-state index in [0.717, 1.165) is 23.7 Å². The van der Waals surface area contributed by atoms with Crippen LogP contribution in [0.25, 0.3) is 0 Å². The van der Waals surface area contributed by atoms with Crippen LogP contribution in [-0.4, -0.2) is 21.3 Å². The summed E-state index contributed by atoms with van der Waals surface area (Å²) in [5.74, 6) is 0. The van der Waals surface area contributed by atoms with Gasteiger partial charge in [0.05, 0.1) is 21.7 Å². The SMILES string of the molecule is CCC(=C=C=C(C(O)c1ccc(C(F)(F)F)cc1)[Si](C)(C)C)[Si](C)(C)C. The summed E-state index contributed by atoms with van der Waals surface area (Å²) < 4.78 is 38.2. The molecule has 1 N–H and O–H groups in total. The van der Waals surface area contributed by atoms with Gasteiger partial charge in [-0.3, -0.25) is 0 Å². The van der Waals surface area contributed by atoms with E-state index in [1.165, 1.54) is 17.3 Å². The zero-order valence-electron chi connectivity index (χ0n) is 16.7. The fourth-order valence-corrected chi connectivity index (χ4v) is 5.56. The van der Waals surface area contributed by atoms with Crippen LogP contribution < -0.4 is 0 Å². The predicted molar refractivity (Wildman–Crippen MR) is 107 cm³/mol. The summed E-state index contributed by atoms with van der Waals surface area (Å²) in [4.78, 5) is 0. The van der Waals surface area contributed by atoms with Gasteiger partial charge in [0.2, 0.25) is 0 Å². The Labute approximate surface area is 157 Å². The smallest absolute Gasteiger partial charge is 0.384 e. The average molecular weight is 399 g/mol. The lowest BCUT2D eigenvalue weighted by Gasteiger charge is -2.24. The van der Waals surface area contributed by atoms with Crippen molar-refractivity contribution >= 4 is 16.1 Å². The van der Waals surface area contributed by atoms with Crippen LogP contribution in [0.15, 0.2) is 46.1 Å². The third-order valence-corrected chi connectivity index (χ3v) is 8.55. The van der Waals surface area contributed by atoms with Crippen LogP contribution in [0.4, 0.5) is 13.2 Å². The molecule has 0 aliphatic heterocycles. The number of allylic oxidation sites excluding steroid dienone is 1. The molecule has 26 heavy (non-hydrogen) atoms. The van der Waals surface area contributed by atoms with Gasteiger partial charge in [0.15, 0.2) is 0 Å². The second-order valence-corrected chi connectivity index (χ2v) is 18.7. The number of aliphatic hydroxyl groups is 1. The van der Waals surface area contributed by atoms with Crippen molar-refractivity contribution in [2.75, 3.05) is 0 Å². The highest BCUT2D eigenvalue weighted by Gasteiger charge is 2.31. The number of hydrogen-bond donors (Lipinski definition) is 1. The third kappa shape index (κ3) is 6.15. The molecule has 0 saturated carbocycles. The van der Waals surface area contributed by atoms with Crippen LogP contribution in [-0.2, 0) is 6.18 Å². The number of hydrogen-bond acceptors (Lipinski definition) is 1. The summed E-state index contributed by atoms with van der Waals surface area (Å²) in [5, 5.41) is 12.8. The minimum absolute atomic E-state index is 0.454.